The molecule has 0 amide bonds. The highest BCUT2D eigenvalue weighted by atomic mass is 79.9. The van der Waals surface area contributed by atoms with Crippen molar-refractivity contribution in [1.82, 2.24) is 9.97 Å². The average Bonchev–Trinajstić information content (AvgIpc) is 2.32. The van der Waals surface area contributed by atoms with Crippen LogP contribution in [0.4, 0.5) is 0 Å². The van der Waals surface area contributed by atoms with Gasteiger partial charge in [0.2, 0.25) is 0 Å². The quantitative estimate of drug-likeness (QED) is 0.780. The van der Waals surface area contributed by atoms with Crippen LogP contribution in [-0.2, 0) is 6.42 Å². The van der Waals surface area contributed by atoms with Crippen molar-refractivity contribution in [3.05, 3.63) is 57.6 Å². The van der Waals surface area contributed by atoms with Gasteiger partial charge in [-0.25, -0.2) is 9.97 Å². The number of hydrogen-bond donors (Lipinski definition) is 0. The molecule has 0 aliphatic heterocycles. The second-order valence-corrected chi connectivity index (χ2v) is 5.72. The Morgan fingerprint density at radius 3 is 2.67 bits per heavy atom. The molecule has 1 aromatic heterocycles. The zero-order valence-corrected chi connectivity index (χ0v) is 12.7. The SMILES string of the molecule is Cc1nc(Cc2ccccc2Br)ncc1C(C)Cl. The highest BCUT2D eigenvalue weighted by Gasteiger charge is 2.09. The van der Waals surface area contributed by atoms with E-state index in [2.05, 4.69) is 32.0 Å². The van der Waals surface area contributed by atoms with Crippen molar-refractivity contribution < 1.29 is 0 Å². The summed E-state index contributed by atoms with van der Waals surface area (Å²) in [6.45, 7) is 3.90. The molecule has 0 saturated carbocycles. The molecule has 0 radical (unpaired) electrons. The summed E-state index contributed by atoms with van der Waals surface area (Å²) in [7, 11) is 0. The van der Waals surface area contributed by atoms with Crippen LogP contribution in [-0.4, -0.2) is 9.97 Å². The smallest absolute Gasteiger partial charge is 0.132 e. The van der Waals surface area contributed by atoms with E-state index in [1.165, 1.54) is 5.56 Å². The van der Waals surface area contributed by atoms with Crippen molar-refractivity contribution in [2.45, 2.75) is 25.6 Å². The van der Waals surface area contributed by atoms with E-state index >= 15 is 0 Å². The molecule has 18 heavy (non-hydrogen) atoms. The summed E-state index contributed by atoms with van der Waals surface area (Å²) in [6, 6.07) is 8.11. The number of benzene rings is 1. The van der Waals surface area contributed by atoms with Crippen molar-refractivity contribution in [2.75, 3.05) is 0 Å². The molecule has 1 unspecified atom stereocenters. The number of rotatable bonds is 3. The Balaban J connectivity index is 2.26. The van der Waals surface area contributed by atoms with Crippen LogP contribution in [0.5, 0.6) is 0 Å². The maximum absolute atomic E-state index is 6.06. The number of halogens is 2. The normalized spacial score (nSPS) is 12.4. The van der Waals surface area contributed by atoms with Gasteiger partial charge in [0, 0.05) is 28.3 Å². The molecule has 0 bridgehead atoms. The molecule has 2 rings (SSSR count). The third-order valence-electron chi connectivity index (χ3n) is 2.80. The van der Waals surface area contributed by atoms with Crippen LogP contribution in [0.1, 0.15) is 34.9 Å². The number of aromatic nitrogens is 2. The van der Waals surface area contributed by atoms with Gasteiger partial charge in [-0.2, -0.15) is 0 Å². The summed E-state index contributed by atoms with van der Waals surface area (Å²) in [5.41, 5.74) is 3.13. The molecule has 2 aromatic rings. The lowest BCUT2D eigenvalue weighted by atomic mass is 10.1. The molecule has 0 aliphatic rings. The van der Waals surface area contributed by atoms with Gasteiger partial charge in [0.05, 0.1) is 5.38 Å². The molecule has 1 aromatic carbocycles. The van der Waals surface area contributed by atoms with Gasteiger partial charge in [0.1, 0.15) is 5.82 Å². The van der Waals surface area contributed by atoms with E-state index in [1.54, 1.807) is 0 Å². The summed E-state index contributed by atoms with van der Waals surface area (Å²) in [5, 5.41) is -0.0532. The second kappa shape index (κ2) is 5.81. The van der Waals surface area contributed by atoms with Crippen molar-refractivity contribution in [3.8, 4) is 0 Å². The average molecular weight is 326 g/mol. The topological polar surface area (TPSA) is 25.8 Å². The molecule has 1 heterocycles. The van der Waals surface area contributed by atoms with Crippen molar-refractivity contribution in [3.63, 3.8) is 0 Å². The van der Waals surface area contributed by atoms with Crippen LogP contribution in [0.15, 0.2) is 34.9 Å². The first-order valence-electron chi connectivity index (χ1n) is 5.78. The Labute approximate surface area is 121 Å². The van der Waals surface area contributed by atoms with Crippen LogP contribution in [0.3, 0.4) is 0 Å². The van der Waals surface area contributed by atoms with Crippen LogP contribution in [0.25, 0.3) is 0 Å². The molecule has 0 saturated heterocycles. The largest absolute Gasteiger partial charge is 0.241 e. The highest BCUT2D eigenvalue weighted by molar-refractivity contribution is 9.10. The van der Waals surface area contributed by atoms with E-state index in [9.17, 15) is 0 Å². The van der Waals surface area contributed by atoms with Gasteiger partial charge in [0.25, 0.3) is 0 Å². The lowest BCUT2D eigenvalue weighted by molar-refractivity contribution is 0.893. The summed E-state index contributed by atoms with van der Waals surface area (Å²) < 4.78 is 1.08. The van der Waals surface area contributed by atoms with Gasteiger partial charge in [-0.05, 0) is 25.5 Å². The Morgan fingerprint density at radius 1 is 1.33 bits per heavy atom. The third kappa shape index (κ3) is 3.09. The maximum atomic E-state index is 6.06. The number of aryl methyl sites for hydroxylation is 1. The van der Waals surface area contributed by atoms with Gasteiger partial charge in [-0.3, -0.25) is 0 Å². The van der Waals surface area contributed by atoms with Crippen molar-refractivity contribution in [2.24, 2.45) is 0 Å². The first-order chi connectivity index (χ1) is 8.58. The van der Waals surface area contributed by atoms with Gasteiger partial charge < -0.3 is 0 Å². The Bertz CT molecular complexity index is 555. The summed E-state index contributed by atoms with van der Waals surface area (Å²) in [4.78, 5) is 8.90. The van der Waals surface area contributed by atoms with E-state index in [1.807, 2.05) is 38.2 Å². The summed E-state index contributed by atoms with van der Waals surface area (Å²) >= 11 is 9.59. The molecule has 0 aliphatic carbocycles. The predicted molar refractivity (Wildman–Crippen MR) is 78.0 cm³/mol. The number of hydrogen-bond acceptors (Lipinski definition) is 2. The van der Waals surface area contributed by atoms with Crippen LogP contribution in [0.2, 0.25) is 0 Å². The van der Waals surface area contributed by atoms with Gasteiger partial charge in [-0.15, -0.1) is 11.6 Å². The molecule has 94 valence electrons. The molecule has 4 heteroatoms. The van der Waals surface area contributed by atoms with Gasteiger partial charge in [0.15, 0.2) is 0 Å². The van der Waals surface area contributed by atoms with E-state index in [0.717, 1.165) is 28.0 Å². The Morgan fingerprint density at radius 2 is 2.06 bits per heavy atom. The molecule has 1 atom stereocenters. The van der Waals surface area contributed by atoms with Crippen LogP contribution >= 0.6 is 27.5 Å². The fraction of sp³-hybridized carbons (Fsp3) is 0.286. The first-order valence-corrected chi connectivity index (χ1v) is 7.00. The van der Waals surface area contributed by atoms with E-state index in [-0.39, 0.29) is 5.38 Å². The minimum Gasteiger partial charge on any atom is -0.241 e. The number of nitrogens with zero attached hydrogens (tertiary/aromatic N) is 2. The zero-order chi connectivity index (χ0) is 13.1. The lowest BCUT2D eigenvalue weighted by Crippen LogP contribution is -2.02. The number of alkyl halides is 1. The Kier molecular flexibility index (Phi) is 4.36. The fourth-order valence-electron chi connectivity index (χ4n) is 1.81. The third-order valence-corrected chi connectivity index (χ3v) is 3.81. The molecular weight excluding hydrogens is 312 g/mol. The first kappa shape index (κ1) is 13.5. The van der Waals surface area contributed by atoms with E-state index in [4.69, 9.17) is 11.6 Å². The van der Waals surface area contributed by atoms with Crippen LogP contribution < -0.4 is 0 Å². The van der Waals surface area contributed by atoms with Crippen LogP contribution in [0, 0.1) is 6.92 Å². The fourth-order valence-corrected chi connectivity index (χ4v) is 2.45. The minimum atomic E-state index is -0.0532. The maximum Gasteiger partial charge on any atom is 0.132 e. The predicted octanol–water partition coefficient (Wildman–Crippen LogP) is 4.44. The standard InChI is InChI=1S/C14H14BrClN2/c1-9(16)12-8-17-14(18-10(12)2)7-11-5-3-4-6-13(11)15/h3-6,8-9H,7H2,1-2H3. The van der Waals surface area contributed by atoms with Crippen molar-refractivity contribution >= 4 is 27.5 Å². The second-order valence-electron chi connectivity index (χ2n) is 4.21. The van der Waals surface area contributed by atoms with Gasteiger partial charge in [-0.1, -0.05) is 34.1 Å². The van der Waals surface area contributed by atoms with Crippen molar-refractivity contribution in [1.29, 1.82) is 0 Å². The molecule has 0 N–H and O–H groups in total. The molecule has 0 spiro atoms. The van der Waals surface area contributed by atoms with E-state index < -0.39 is 0 Å². The molecular formula is C14H14BrClN2. The minimum absolute atomic E-state index is 0.0532. The highest BCUT2D eigenvalue weighted by Crippen LogP contribution is 2.22. The summed E-state index contributed by atoms with van der Waals surface area (Å²) in [6.07, 6.45) is 2.55. The zero-order valence-electron chi connectivity index (χ0n) is 10.3. The van der Waals surface area contributed by atoms with Gasteiger partial charge >= 0.3 is 0 Å². The molecule has 2 nitrogen and oxygen atoms in total. The Hall–Kier alpha value is -0.930. The monoisotopic (exact) mass is 324 g/mol. The van der Waals surface area contributed by atoms with E-state index in [0.29, 0.717) is 0 Å². The lowest BCUT2D eigenvalue weighted by Gasteiger charge is -2.09. The molecule has 0 fully saturated rings. The summed E-state index contributed by atoms with van der Waals surface area (Å²) in [5.74, 6) is 0.820.